The highest BCUT2D eigenvalue weighted by Gasteiger charge is 2.14. The van der Waals surface area contributed by atoms with Crippen molar-refractivity contribution in [3.8, 4) is 11.6 Å². The number of H-pyrrole nitrogens is 1. The molecule has 0 amide bonds. The molecule has 0 aliphatic rings. The molecule has 6 heteroatoms. The largest absolute Gasteiger partial charge is 0.494 e. The average molecular weight is 236 g/mol. The number of hydrogen-bond donors (Lipinski definition) is 2. The number of aromatic hydroxyl groups is 1. The molecule has 0 atom stereocenters. The van der Waals surface area contributed by atoms with E-state index in [0.717, 1.165) is 6.07 Å². The van der Waals surface area contributed by atoms with E-state index in [1.165, 1.54) is 25.1 Å². The van der Waals surface area contributed by atoms with Gasteiger partial charge in [-0.15, -0.1) is 0 Å². The monoisotopic (exact) mass is 236 g/mol. The van der Waals surface area contributed by atoms with Gasteiger partial charge in [0.15, 0.2) is 0 Å². The van der Waals surface area contributed by atoms with E-state index in [0.29, 0.717) is 4.57 Å². The number of aromatic amines is 1. The third kappa shape index (κ3) is 1.73. The van der Waals surface area contributed by atoms with Crippen LogP contribution in [0.2, 0.25) is 0 Å². The van der Waals surface area contributed by atoms with Crippen molar-refractivity contribution >= 4 is 0 Å². The molecular weight excluding hydrogens is 227 g/mol. The van der Waals surface area contributed by atoms with E-state index in [9.17, 15) is 19.1 Å². The Morgan fingerprint density at radius 2 is 1.94 bits per heavy atom. The Labute approximate surface area is 94.8 Å². The summed E-state index contributed by atoms with van der Waals surface area (Å²) in [5, 5.41) is 9.71. The van der Waals surface area contributed by atoms with Crippen LogP contribution in [0.25, 0.3) is 5.69 Å². The highest BCUT2D eigenvalue weighted by Crippen LogP contribution is 2.17. The lowest BCUT2D eigenvalue weighted by Gasteiger charge is -2.09. The van der Waals surface area contributed by atoms with E-state index >= 15 is 0 Å². The SMILES string of the molecule is Cc1c(O)n(-c2ccccc2F)c(=O)[nH]c1=O. The van der Waals surface area contributed by atoms with E-state index in [1.807, 2.05) is 4.98 Å². The first-order valence-electron chi connectivity index (χ1n) is 4.82. The summed E-state index contributed by atoms with van der Waals surface area (Å²) in [7, 11) is 0. The molecule has 0 bridgehead atoms. The van der Waals surface area contributed by atoms with Crippen molar-refractivity contribution in [2.45, 2.75) is 6.92 Å². The fraction of sp³-hybridized carbons (Fsp3) is 0.0909. The summed E-state index contributed by atoms with van der Waals surface area (Å²) < 4.78 is 14.2. The van der Waals surface area contributed by atoms with Crippen molar-refractivity contribution < 1.29 is 9.50 Å². The van der Waals surface area contributed by atoms with Gasteiger partial charge in [0.05, 0.1) is 11.3 Å². The summed E-state index contributed by atoms with van der Waals surface area (Å²) in [6, 6.07) is 5.46. The van der Waals surface area contributed by atoms with Crippen LogP contribution in [-0.4, -0.2) is 14.7 Å². The van der Waals surface area contributed by atoms with Gasteiger partial charge < -0.3 is 5.11 Å². The van der Waals surface area contributed by atoms with Crippen LogP contribution in [0.5, 0.6) is 5.88 Å². The van der Waals surface area contributed by atoms with Gasteiger partial charge in [-0.05, 0) is 19.1 Å². The molecule has 1 aromatic heterocycles. The van der Waals surface area contributed by atoms with Crippen molar-refractivity contribution in [1.29, 1.82) is 0 Å². The Balaban J connectivity index is 2.87. The van der Waals surface area contributed by atoms with Crippen LogP contribution in [0.1, 0.15) is 5.56 Å². The molecule has 2 rings (SSSR count). The summed E-state index contributed by atoms with van der Waals surface area (Å²) in [5.74, 6) is -1.24. The van der Waals surface area contributed by atoms with Crippen molar-refractivity contribution in [3.05, 3.63) is 56.5 Å². The number of benzene rings is 1. The normalized spacial score (nSPS) is 10.5. The average Bonchev–Trinajstić information content (AvgIpc) is 2.29. The second-order valence-corrected chi connectivity index (χ2v) is 3.49. The van der Waals surface area contributed by atoms with Crippen molar-refractivity contribution in [3.63, 3.8) is 0 Å². The predicted octanol–water partition coefficient (Wildman–Crippen LogP) is 0.679. The fourth-order valence-electron chi connectivity index (χ4n) is 1.47. The van der Waals surface area contributed by atoms with Gasteiger partial charge in [0.1, 0.15) is 5.82 Å². The minimum absolute atomic E-state index is 0.0483. The van der Waals surface area contributed by atoms with Gasteiger partial charge in [0, 0.05) is 0 Å². The van der Waals surface area contributed by atoms with Crippen LogP contribution in [0, 0.1) is 12.7 Å². The second-order valence-electron chi connectivity index (χ2n) is 3.49. The van der Waals surface area contributed by atoms with Gasteiger partial charge in [-0.1, -0.05) is 12.1 Å². The summed E-state index contributed by atoms with van der Waals surface area (Å²) in [6.07, 6.45) is 0. The Morgan fingerprint density at radius 1 is 1.29 bits per heavy atom. The van der Waals surface area contributed by atoms with E-state index < -0.39 is 22.9 Å². The van der Waals surface area contributed by atoms with Gasteiger partial charge in [0.25, 0.3) is 5.56 Å². The van der Waals surface area contributed by atoms with Crippen LogP contribution >= 0.6 is 0 Å². The van der Waals surface area contributed by atoms with Crippen LogP contribution in [0.3, 0.4) is 0 Å². The zero-order valence-corrected chi connectivity index (χ0v) is 8.90. The zero-order valence-electron chi connectivity index (χ0n) is 8.90. The summed E-state index contributed by atoms with van der Waals surface area (Å²) in [4.78, 5) is 24.8. The highest BCUT2D eigenvalue weighted by molar-refractivity contribution is 5.38. The molecule has 0 saturated carbocycles. The lowest BCUT2D eigenvalue weighted by molar-refractivity contribution is 0.423. The number of halogens is 1. The molecule has 88 valence electrons. The molecule has 0 unspecified atom stereocenters. The maximum Gasteiger partial charge on any atom is 0.335 e. The lowest BCUT2D eigenvalue weighted by Crippen LogP contribution is -2.30. The topological polar surface area (TPSA) is 75.1 Å². The van der Waals surface area contributed by atoms with Crippen molar-refractivity contribution in [2.75, 3.05) is 0 Å². The van der Waals surface area contributed by atoms with Crippen molar-refractivity contribution in [2.24, 2.45) is 0 Å². The first-order valence-corrected chi connectivity index (χ1v) is 4.82. The van der Waals surface area contributed by atoms with E-state index in [2.05, 4.69) is 0 Å². The quantitative estimate of drug-likeness (QED) is 0.764. The van der Waals surface area contributed by atoms with Crippen LogP contribution < -0.4 is 11.2 Å². The molecular formula is C11H9FN2O3. The Kier molecular flexibility index (Phi) is 2.55. The van der Waals surface area contributed by atoms with Gasteiger partial charge in [-0.25, -0.2) is 13.8 Å². The molecule has 0 saturated heterocycles. The molecule has 1 heterocycles. The minimum atomic E-state index is -0.886. The zero-order chi connectivity index (χ0) is 12.6. The number of rotatable bonds is 1. The highest BCUT2D eigenvalue weighted by atomic mass is 19.1. The number of hydrogen-bond acceptors (Lipinski definition) is 3. The van der Waals surface area contributed by atoms with Crippen LogP contribution in [0.4, 0.5) is 4.39 Å². The van der Waals surface area contributed by atoms with E-state index in [4.69, 9.17) is 0 Å². The number of aromatic nitrogens is 2. The molecule has 2 N–H and O–H groups in total. The first kappa shape index (κ1) is 11.1. The molecule has 5 nitrogen and oxygen atoms in total. The lowest BCUT2D eigenvalue weighted by atomic mass is 10.3. The molecule has 2 aromatic rings. The smallest absolute Gasteiger partial charge is 0.335 e. The van der Waals surface area contributed by atoms with Gasteiger partial charge in [-0.2, -0.15) is 0 Å². The van der Waals surface area contributed by atoms with Crippen molar-refractivity contribution in [1.82, 2.24) is 9.55 Å². The molecule has 0 aliphatic carbocycles. The standard InChI is InChI=1S/C11H9FN2O3/c1-6-9(15)13-11(17)14(10(6)16)8-5-3-2-4-7(8)12/h2-5,16H,1H3,(H,13,15,17). The third-order valence-corrected chi connectivity index (χ3v) is 2.40. The molecule has 0 aliphatic heterocycles. The van der Waals surface area contributed by atoms with Crippen LogP contribution in [0.15, 0.2) is 33.9 Å². The summed E-state index contributed by atoms with van der Waals surface area (Å²) >= 11 is 0. The second kappa shape index (κ2) is 3.89. The Bertz CT molecular complexity index is 688. The summed E-state index contributed by atoms with van der Waals surface area (Å²) in [6.45, 7) is 1.34. The van der Waals surface area contributed by atoms with Gasteiger partial charge in [-0.3, -0.25) is 9.78 Å². The number of para-hydroxylation sites is 1. The minimum Gasteiger partial charge on any atom is -0.494 e. The Morgan fingerprint density at radius 3 is 2.59 bits per heavy atom. The summed E-state index contributed by atoms with van der Waals surface area (Å²) in [5.41, 5.74) is -1.74. The molecule has 0 fully saturated rings. The molecule has 17 heavy (non-hydrogen) atoms. The Hall–Kier alpha value is -2.37. The van der Waals surface area contributed by atoms with E-state index in [-0.39, 0.29) is 11.3 Å². The maximum absolute atomic E-state index is 13.5. The molecule has 1 aromatic carbocycles. The van der Waals surface area contributed by atoms with E-state index in [1.54, 1.807) is 0 Å². The number of nitrogens with zero attached hydrogens (tertiary/aromatic N) is 1. The first-order chi connectivity index (χ1) is 8.02. The molecule has 0 radical (unpaired) electrons. The number of nitrogens with one attached hydrogen (secondary N) is 1. The fourth-order valence-corrected chi connectivity index (χ4v) is 1.47. The van der Waals surface area contributed by atoms with Gasteiger partial charge in [0.2, 0.25) is 5.88 Å². The predicted molar refractivity (Wildman–Crippen MR) is 59.0 cm³/mol. The van der Waals surface area contributed by atoms with Gasteiger partial charge >= 0.3 is 5.69 Å². The third-order valence-electron chi connectivity index (χ3n) is 2.40. The molecule has 0 spiro atoms. The maximum atomic E-state index is 13.5. The van der Waals surface area contributed by atoms with Crippen LogP contribution in [-0.2, 0) is 0 Å².